The van der Waals surface area contributed by atoms with Crippen LogP contribution in [0.25, 0.3) is 86.6 Å². The summed E-state index contributed by atoms with van der Waals surface area (Å²) in [7, 11) is 0. The Hall–Kier alpha value is -5.44. The van der Waals surface area contributed by atoms with Gasteiger partial charge in [-0.05, 0) is 80.9 Å². The van der Waals surface area contributed by atoms with Crippen molar-refractivity contribution in [2.75, 3.05) is 0 Å². The molecule has 0 spiro atoms. The van der Waals surface area contributed by atoms with E-state index in [1.807, 2.05) is 23.5 Å². The molecule has 2 heterocycles. The van der Waals surface area contributed by atoms with Crippen molar-refractivity contribution >= 4 is 53.4 Å². The van der Waals surface area contributed by atoms with Crippen molar-refractivity contribution in [2.45, 2.75) is 0 Å². The van der Waals surface area contributed by atoms with Gasteiger partial charge in [0.05, 0.1) is 0 Å². The fraction of sp³-hybridized carbons (Fsp3) is 0. The molecule has 0 aliphatic rings. The summed E-state index contributed by atoms with van der Waals surface area (Å²) < 4.78 is 8.72. The highest BCUT2D eigenvalue weighted by molar-refractivity contribution is 7.26. The first-order chi connectivity index (χ1) is 21.8. The topological polar surface area (TPSA) is 13.1 Å². The molecule has 0 aliphatic heterocycles. The fourth-order valence-electron chi connectivity index (χ4n) is 6.67. The molecule has 0 aliphatic carbocycles. The summed E-state index contributed by atoms with van der Waals surface area (Å²) in [6, 6.07) is 56.8. The molecule has 9 aromatic rings. The molecule has 0 saturated carbocycles. The van der Waals surface area contributed by atoms with Gasteiger partial charge in [-0.1, -0.05) is 121 Å². The second kappa shape index (κ2) is 10.1. The summed E-state index contributed by atoms with van der Waals surface area (Å²) in [6.45, 7) is 0. The summed E-state index contributed by atoms with van der Waals surface area (Å²) in [4.78, 5) is 0. The van der Waals surface area contributed by atoms with Crippen LogP contribution >= 0.6 is 11.3 Å². The van der Waals surface area contributed by atoms with E-state index >= 15 is 0 Å². The van der Waals surface area contributed by atoms with E-state index in [4.69, 9.17) is 4.42 Å². The third-order valence-electron chi connectivity index (χ3n) is 8.68. The maximum atomic E-state index is 6.13. The highest BCUT2D eigenvalue weighted by atomic mass is 32.1. The van der Waals surface area contributed by atoms with E-state index in [1.54, 1.807) is 0 Å². The molecular weight excluding hydrogens is 553 g/mol. The Morgan fingerprint density at radius 1 is 0.364 bits per heavy atom. The van der Waals surface area contributed by atoms with Crippen molar-refractivity contribution in [3.8, 4) is 44.5 Å². The Labute approximate surface area is 259 Å². The number of fused-ring (bicyclic) bond motifs is 6. The van der Waals surface area contributed by atoms with Crippen molar-refractivity contribution in [1.82, 2.24) is 0 Å². The molecule has 0 amide bonds. The lowest BCUT2D eigenvalue weighted by Gasteiger charge is -2.18. The molecule has 2 aromatic heterocycles. The smallest absolute Gasteiger partial charge is 0.135 e. The van der Waals surface area contributed by atoms with Gasteiger partial charge in [0.2, 0.25) is 0 Å². The number of para-hydroxylation sites is 1. The van der Waals surface area contributed by atoms with Gasteiger partial charge >= 0.3 is 0 Å². The molecule has 7 aromatic carbocycles. The van der Waals surface area contributed by atoms with E-state index in [0.29, 0.717) is 0 Å². The highest BCUT2D eigenvalue weighted by Crippen LogP contribution is 2.50. The van der Waals surface area contributed by atoms with Crippen LogP contribution in [0, 0.1) is 0 Å². The zero-order valence-electron chi connectivity index (χ0n) is 23.8. The van der Waals surface area contributed by atoms with Crippen LogP contribution in [0.4, 0.5) is 0 Å². The molecule has 0 fully saturated rings. The number of hydrogen-bond donors (Lipinski definition) is 0. The Balaban J connectivity index is 1.37. The molecule has 0 N–H and O–H groups in total. The molecule has 0 atom stereocenters. The molecule has 0 radical (unpaired) electrons. The number of benzene rings is 7. The average molecular weight is 579 g/mol. The number of hydrogen-bond acceptors (Lipinski definition) is 2. The maximum Gasteiger partial charge on any atom is 0.135 e. The van der Waals surface area contributed by atoms with E-state index in [2.05, 4.69) is 146 Å². The molecule has 2 heteroatoms. The van der Waals surface area contributed by atoms with Crippen LogP contribution in [0.3, 0.4) is 0 Å². The van der Waals surface area contributed by atoms with E-state index in [1.165, 1.54) is 64.7 Å². The minimum absolute atomic E-state index is 0.921. The zero-order valence-corrected chi connectivity index (χ0v) is 24.6. The van der Waals surface area contributed by atoms with E-state index in [0.717, 1.165) is 21.9 Å². The first-order valence-electron chi connectivity index (χ1n) is 14.9. The minimum Gasteiger partial charge on any atom is -0.456 e. The SMILES string of the molecule is c1ccc(-c2cc3sc4ccc(-c5ccc6oc7ccccc7c6c5)cc4c3c(-c3ccccc3)c2-c2ccccc2)cc1. The highest BCUT2D eigenvalue weighted by Gasteiger charge is 2.21. The second-order valence-corrected chi connectivity index (χ2v) is 12.4. The van der Waals surface area contributed by atoms with Gasteiger partial charge in [0.15, 0.2) is 0 Å². The van der Waals surface area contributed by atoms with E-state index < -0.39 is 0 Å². The summed E-state index contributed by atoms with van der Waals surface area (Å²) in [5.74, 6) is 0. The van der Waals surface area contributed by atoms with Gasteiger partial charge in [0.25, 0.3) is 0 Å². The zero-order chi connectivity index (χ0) is 29.0. The van der Waals surface area contributed by atoms with Gasteiger partial charge in [-0.3, -0.25) is 0 Å². The molecular formula is C42H26OS. The normalized spacial score (nSPS) is 11.6. The van der Waals surface area contributed by atoms with Gasteiger partial charge in [-0.25, -0.2) is 0 Å². The average Bonchev–Trinajstić information content (AvgIpc) is 3.66. The lowest BCUT2D eigenvalue weighted by Crippen LogP contribution is -1.92. The largest absolute Gasteiger partial charge is 0.456 e. The summed E-state index contributed by atoms with van der Waals surface area (Å²) >= 11 is 1.88. The van der Waals surface area contributed by atoms with Crippen LogP contribution < -0.4 is 0 Å². The predicted molar refractivity (Wildman–Crippen MR) is 188 cm³/mol. The number of rotatable bonds is 4. The lowest BCUT2D eigenvalue weighted by molar-refractivity contribution is 0.669. The standard InChI is InChI=1S/C42H26OS/c1-4-12-27(13-5-1)33-26-39-42(41(29-16-8-3-9-17-29)40(33)28-14-6-2-7-15-28)35-25-31(21-23-38(35)44-39)30-20-22-37-34(24-30)32-18-10-11-19-36(32)43-37/h1-26H. The van der Waals surface area contributed by atoms with Crippen molar-refractivity contribution in [1.29, 1.82) is 0 Å². The molecule has 44 heavy (non-hydrogen) atoms. The Morgan fingerprint density at radius 3 is 1.66 bits per heavy atom. The second-order valence-electron chi connectivity index (χ2n) is 11.3. The van der Waals surface area contributed by atoms with Gasteiger partial charge in [-0.2, -0.15) is 0 Å². The monoisotopic (exact) mass is 578 g/mol. The molecule has 0 unspecified atom stereocenters. The van der Waals surface area contributed by atoms with Crippen molar-refractivity contribution < 1.29 is 4.42 Å². The molecule has 206 valence electrons. The van der Waals surface area contributed by atoms with Crippen LogP contribution in [0.5, 0.6) is 0 Å². The number of thiophene rings is 1. The Bertz CT molecular complexity index is 2470. The summed E-state index contributed by atoms with van der Waals surface area (Å²) in [5, 5.41) is 4.90. The quantitative estimate of drug-likeness (QED) is 0.202. The van der Waals surface area contributed by atoms with Gasteiger partial charge < -0.3 is 4.42 Å². The minimum atomic E-state index is 0.921. The molecule has 0 saturated heterocycles. The Kier molecular flexibility index (Phi) is 5.75. The third kappa shape index (κ3) is 4.00. The summed E-state index contributed by atoms with van der Waals surface area (Å²) in [6.07, 6.45) is 0. The Morgan fingerprint density at radius 2 is 0.932 bits per heavy atom. The van der Waals surface area contributed by atoms with Crippen LogP contribution in [-0.4, -0.2) is 0 Å². The first-order valence-corrected chi connectivity index (χ1v) is 15.7. The molecule has 0 bridgehead atoms. The summed E-state index contributed by atoms with van der Waals surface area (Å²) in [5.41, 5.74) is 11.7. The van der Waals surface area contributed by atoms with Crippen molar-refractivity contribution in [3.05, 3.63) is 158 Å². The van der Waals surface area contributed by atoms with E-state index in [9.17, 15) is 0 Å². The maximum absolute atomic E-state index is 6.13. The number of furan rings is 1. The molecule has 9 rings (SSSR count). The van der Waals surface area contributed by atoms with Gasteiger partial charge in [-0.15, -0.1) is 11.3 Å². The fourth-order valence-corrected chi connectivity index (χ4v) is 7.80. The third-order valence-corrected chi connectivity index (χ3v) is 9.80. The van der Waals surface area contributed by atoms with Crippen LogP contribution in [0.15, 0.2) is 162 Å². The van der Waals surface area contributed by atoms with Gasteiger partial charge in [0, 0.05) is 30.9 Å². The van der Waals surface area contributed by atoms with E-state index in [-0.39, 0.29) is 0 Å². The first kappa shape index (κ1) is 25.1. The van der Waals surface area contributed by atoms with Crippen LogP contribution in [-0.2, 0) is 0 Å². The predicted octanol–water partition coefficient (Wildman–Crippen LogP) is 12.6. The van der Waals surface area contributed by atoms with Crippen molar-refractivity contribution in [2.24, 2.45) is 0 Å². The van der Waals surface area contributed by atoms with Crippen LogP contribution in [0.2, 0.25) is 0 Å². The molecule has 1 nitrogen and oxygen atoms in total. The lowest BCUT2D eigenvalue weighted by atomic mass is 9.85. The van der Waals surface area contributed by atoms with Crippen LogP contribution in [0.1, 0.15) is 0 Å². The van der Waals surface area contributed by atoms with Crippen molar-refractivity contribution in [3.63, 3.8) is 0 Å². The van der Waals surface area contributed by atoms with Gasteiger partial charge in [0.1, 0.15) is 11.2 Å².